The predicted molar refractivity (Wildman–Crippen MR) is 80.9 cm³/mol. The van der Waals surface area contributed by atoms with Gasteiger partial charge in [0.2, 0.25) is 0 Å². The fraction of sp³-hybridized carbons (Fsp3) is 0.471. The quantitative estimate of drug-likeness (QED) is 0.814. The van der Waals surface area contributed by atoms with Crippen LogP contribution in [0.15, 0.2) is 24.3 Å². The first kappa shape index (κ1) is 15.6. The van der Waals surface area contributed by atoms with Crippen molar-refractivity contribution in [3.63, 3.8) is 0 Å². The molecule has 0 bridgehead atoms. The minimum atomic E-state index is -0.218. The average molecular weight is 287 g/mol. The first-order valence-electron chi connectivity index (χ1n) is 7.15. The summed E-state index contributed by atoms with van der Waals surface area (Å²) in [6.07, 6.45) is 1.61. The number of ether oxygens (including phenoxy) is 1. The Labute approximate surface area is 125 Å². The summed E-state index contributed by atoms with van der Waals surface area (Å²) in [4.78, 5) is 12.4. The standard InChI is InChI=1S/C17H21NO3/c1-17(2)12-14(9-11-21-17)18-16(20)15-8-4-3-6-13(15)7-5-10-19/h3-4,6,8,14,19H,9-12H2,1-2H3,(H,18,20). The van der Waals surface area contributed by atoms with E-state index in [0.717, 1.165) is 12.8 Å². The van der Waals surface area contributed by atoms with E-state index in [4.69, 9.17) is 9.84 Å². The third kappa shape index (κ3) is 4.32. The van der Waals surface area contributed by atoms with Crippen molar-refractivity contribution in [2.45, 2.75) is 38.3 Å². The second-order valence-corrected chi connectivity index (χ2v) is 5.78. The number of carbonyl (C=O) groups is 1. The monoisotopic (exact) mass is 287 g/mol. The molecule has 2 rings (SSSR count). The fourth-order valence-electron chi connectivity index (χ4n) is 2.54. The highest BCUT2D eigenvalue weighted by atomic mass is 16.5. The summed E-state index contributed by atoms with van der Waals surface area (Å²) in [6.45, 7) is 4.51. The Morgan fingerprint density at radius 1 is 1.48 bits per heavy atom. The van der Waals surface area contributed by atoms with Crippen LogP contribution in [0.4, 0.5) is 0 Å². The lowest BCUT2D eigenvalue weighted by molar-refractivity contribution is -0.0615. The molecular formula is C17H21NO3. The lowest BCUT2D eigenvalue weighted by atomic mass is 9.93. The number of aliphatic hydroxyl groups is 1. The van der Waals surface area contributed by atoms with Crippen molar-refractivity contribution < 1.29 is 14.6 Å². The van der Waals surface area contributed by atoms with Crippen molar-refractivity contribution in [3.05, 3.63) is 35.4 Å². The lowest BCUT2D eigenvalue weighted by Crippen LogP contribution is -2.45. The highest BCUT2D eigenvalue weighted by Gasteiger charge is 2.30. The number of aliphatic hydroxyl groups excluding tert-OH is 1. The number of hydrogen-bond donors (Lipinski definition) is 2. The van der Waals surface area contributed by atoms with E-state index in [-0.39, 0.29) is 24.2 Å². The largest absolute Gasteiger partial charge is 0.384 e. The summed E-state index contributed by atoms with van der Waals surface area (Å²) >= 11 is 0. The number of amides is 1. The molecule has 0 spiro atoms. The smallest absolute Gasteiger partial charge is 0.252 e. The zero-order valence-electron chi connectivity index (χ0n) is 12.5. The van der Waals surface area contributed by atoms with Gasteiger partial charge >= 0.3 is 0 Å². The van der Waals surface area contributed by atoms with Crippen LogP contribution in [0.2, 0.25) is 0 Å². The highest BCUT2D eigenvalue weighted by molar-refractivity contribution is 5.96. The molecule has 21 heavy (non-hydrogen) atoms. The summed E-state index contributed by atoms with van der Waals surface area (Å²) < 4.78 is 5.66. The third-order valence-corrected chi connectivity index (χ3v) is 3.51. The molecule has 4 nitrogen and oxygen atoms in total. The maximum absolute atomic E-state index is 12.4. The molecule has 1 fully saturated rings. The van der Waals surface area contributed by atoms with Gasteiger partial charge in [0, 0.05) is 18.2 Å². The summed E-state index contributed by atoms with van der Waals surface area (Å²) in [5.74, 6) is 5.27. The Morgan fingerprint density at radius 3 is 2.95 bits per heavy atom. The van der Waals surface area contributed by atoms with Gasteiger partial charge < -0.3 is 15.2 Å². The molecule has 1 amide bonds. The molecule has 0 aliphatic carbocycles. The number of rotatable bonds is 2. The molecule has 1 aliphatic rings. The Balaban J connectivity index is 2.10. The molecule has 1 aliphatic heterocycles. The van der Waals surface area contributed by atoms with Crippen LogP contribution in [-0.4, -0.2) is 35.9 Å². The van der Waals surface area contributed by atoms with E-state index in [9.17, 15) is 4.79 Å². The Hall–Kier alpha value is -1.83. The SMILES string of the molecule is CC1(C)CC(NC(=O)c2ccccc2C#CCO)CCO1. The van der Waals surface area contributed by atoms with E-state index >= 15 is 0 Å². The van der Waals surface area contributed by atoms with Crippen molar-refractivity contribution in [2.75, 3.05) is 13.2 Å². The molecule has 1 aromatic carbocycles. The first-order valence-corrected chi connectivity index (χ1v) is 7.15. The second-order valence-electron chi connectivity index (χ2n) is 5.78. The molecular weight excluding hydrogens is 266 g/mol. The van der Waals surface area contributed by atoms with Gasteiger partial charge in [-0.25, -0.2) is 0 Å². The van der Waals surface area contributed by atoms with Crippen LogP contribution in [0.3, 0.4) is 0 Å². The molecule has 1 unspecified atom stereocenters. The van der Waals surface area contributed by atoms with E-state index in [1.165, 1.54) is 0 Å². The maximum Gasteiger partial charge on any atom is 0.252 e. The van der Waals surface area contributed by atoms with Crippen LogP contribution in [0.1, 0.15) is 42.6 Å². The third-order valence-electron chi connectivity index (χ3n) is 3.51. The van der Waals surface area contributed by atoms with Gasteiger partial charge in [0.1, 0.15) is 6.61 Å². The van der Waals surface area contributed by atoms with Crippen molar-refractivity contribution in [1.29, 1.82) is 0 Å². The Kier molecular flexibility index (Phi) is 5.00. The van der Waals surface area contributed by atoms with E-state index in [2.05, 4.69) is 17.2 Å². The van der Waals surface area contributed by atoms with E-state index in [1.54, 1.807) is 12.1 Å². The van der Waals surface area contributed by atoms with E-state index < -0.39 is 0 Å². The van der Waals surface area contributed by atoms with Crippen molar-refractivity contribution in [3.8, 4) is 11.8 Å². The molecule has 2 N–H and O–H groups in total. The van der Waals surface area contributed by atoms with Crippen molar-refractivity contribution in [1.82, 2.24) is 5.32 Å². The van der Waals surface area contributed by atoms with Crippen LogP contribution in [-0.2, 0) is 4.74 Å². The van der Waals surface area contributed by atoms with E-state index in [0.29, 0.717) is 17.7 Å². The Morgan fingerprint density at radius 2 is 2.24 bits per heavy atom. The zero-order valence-corrected chi connectivity index (χ0v) is 12.5. The molecule has 1 heterocycles. The topological polar surface area (TPSA) is 58.6 Å². The first-order chi connectivity index (χ1) is 10.0. The maximum atomic E-state index is 12.4. The minimum Gasteiger partial charge on any atom is -0.384 e. The van der Waals surface area contributed by atoms with Crippen LogP contribution in [0.25, 0.3) is 0 Å². The molecule has 0 radical (unpaired) electrons. The Bertz CT molecular complexity index is 569. The summed E-state index contributed by atoms with van der Waals surface area (Å²) in [6, 6.07) is 7.29. The molecule has 0 saturated carbocycles. The summed E-state index contributed by atoms with van der Waals surface area (Å²) in [7, 11) is 0. The van der Waals surface area contributed by atoms with Crippen LogP contribution < -0.4 is 5.32 Å². The molecule has 1 atom stereocenters. The molecule has 4 heteroatoms. The molecule has 1 aromatic rings. The minimum absolute atomic E-state index is 0.111. The summed E-state index contributed by atoms with van der Waals surface area (Å²) in [5.41, 5.74) is 0.977. The van der Waals surface area contributed by atoms with E-state index in [1.807, 2.05) is 26.0 Å². The second kappa shape index (κ2) is 6.75. The van der Waals surface area contributed by atoms with Gasteiger partial charge in [-0.05, 0) is 38.8 Å². The average Bonchev–Trinajstić information content (AvgIpc) is 2.44. The molecule has 0 aromatic heterocycles. The highest BCUT2D eigenvalue weighted by Crippen LogP contribution is 2.24. The van der Waals surface area contributed by atoms with Gasteiger partial charge in [-0.2, -0.15) is 0 Å². The van der Waals surface area contributed by atoms with Crippen molar-refractivity contribution in [2.24, 2.45) is 0 Å². The van der Waals surface area contributed by atoms with Gasteiger partial charge in [-0.15, -0.1) is 0 Å². The number of hydrogen-bond acceptors (Lipinski definition) is 3. The lowest BCUT2D eigenvalue weighted by Gasteiger charge is -2.35. The zero-order chi connectivity index (χ0) is 15.3. The number of carbonyl (C=O) groups excluding carboxylic acids is 1. The molecule has 112 valence electrons. The fourth-order valence-corrected chi connectivity index (χ4v) is 2.54. The van der Waals surface area contributed by atoms with Crippen LogP contribution in [0, 0.1) is 11.8 Å². The molecule has 1 saturated heterocycles. The number of nitrogens with one attached hydrogen (secondary N) is 1. The van der Waals surface area contributed by atoms with Gasteiger partial charge in [0.05, 0.1) is 11.2 Å². The summed E-state index contributed by atoms with van der Waals surface area (Å²) in [5, 5.41) is 11.8. The normalized spacial score (nSPS) is 20.2. The van der Waals surface area contributed by atoms with Gasteiger partial charge in [0.25, 0.3) is 5.91 Å². The number of benzene rings is 1. The van der Waals surface area contributed by atoms with Gasteiger partial charge in [-0.1, -0.05) is 24.0 Å². The van der Waals surface area contributed by atoms with Crippen LogP contribution in [0.5, 0.6) is 0 Å². The predicted octanol–water partition coefficient (Wildman–Crippen LogP) is 1.72. The van der Waals surface area contributed by atoms with Gasteiger partial charge in [-0.3, -0.25) is 4.79 Å². The van der Waals surface area contributed by atoms with Gasteiger partial charge in [0.15, 0.2) is 0 Å². The van der Waals surface area contributed by atoms with Crippen LogP contribution >= 0.6 is 0 Å². The van der Waals surface area contributed by atoms with Crippen molar-refractivity contribution >= 4 is 5.91 Å².